The van der Waals surface area contributed by atoms with Gasteiger partial charge < -0.3 is 20.1 Å². The van der Waals surface area contributed by atoms with Gasteiger partial charge >= 0.3 is 0 Å². The number of alkyl halides is 1. The van der Waals surface area contributed by atoms with Gasteiger partial charge in [0.2, 0.25) is 11.8 Å². The number of likely N-dealkylation sites (tertiary alicyclic amines) is 1. The number of aromatic nitrogens is 2. The first kappa shape index (κ1) is 19.3. The topological polar surface area (TPSA) is 105 Å². The quantitative estimate of drug-likeness (QED) is 0.528. The molecule has 0 spiro atoms. The number of primary amides is 1. The molecule has 1 fully saturated rings. The van der Waals surface area contributed by atoms with Crippen LogP contribution in [-0.4, -0.2) is 46.1 Å². The number of H-pyrrole nitrogens is 1. The van der Waals surface area contributed by atoms with Crippen molar-refractivity contribution in [3.63, 3.8) is 0 Å². The van der Waals surface area contributed by atoms with Gasteiger partial charge in [0.25, 0.3) is 0 Å². The molecular weight excluding hydrogens is 399 g/mol. The van der Waals surface area contributed by atoms with E-state index in [0.717, 1.165) is 38.8 Å². The minimum atomic E-state index is -0.926. The van der Waals surface area contributed by atoms with Gasteiger partial charge in [-0.1, -0.05) is 11.2 Å². The molecule has 1 aliphatic heterocycles. The molecule has 4 aromatic rings. The third-order valence-corrected chi connectivity index (χ3v) is 5.89. The smallest absolute Gasteiger partial charge is 0.249 e. The number of nitrogens with two attached hydrogens (primary N) is 1. The lowest BCUT2D eigenvalue weighted by atomic mass is 9.96. The summed E-state index contributed by atoms with van der Waals surface area (Å²) in [6.45, 7) is 3.98. The highest BCUT2D eigenvalue weighted by Gasteiger charge is 2.30. The van der Waals surface area contributed by atoms with E-state index in [1.807, 2.05) is 38.1 Å². The molecule has 0 unspecified atom stereocenters. The van der Waals surface area contributed by atoms with E-state index in [1.165, 1.54) is 4.90 Å². The summed E-state index contributed by atoms with van der Waals surface area (Å²) in [5, 5.41) is 5.52. The number of hydrogen-bond donors (Lipinski definition) is 2. The normalized spacial score (nSPS) is 14.4. The van der Waals surface area contributed by atoms with Crippen LogP contribution in [0, 0.1) is 13.8 Å². The maximum absolute atomic E-state index is 13.1. The lowest BCUT2D eigenvalue weighted by molar-refractivity contribution is -0.137. The minimum absolute atomic E-state index is 0.107. The standard InChI is InChI=1S/C23H21FN4O3/c1-11-21(12(2)31-27-11)14-7-17(23(25)30)22-16-5-13(3-4-18(16)26-19(22)8-14)6-20(29)28-9-15(24)10-28/h3-5,7-8,15,26H,6,9-10H2,1-2H3,(H2,25,30). The van der Waals surface area contributed by atoms with Crippen LogP contribution >= 0.6 is 0 Å². The van der Waals surface area contributed by atoms with Crippen LogP contribution in [0.25, 0.3) is 32.9 Å². The van der Waals surface area contributed by atoms with Gasteiger partial charge in [-0.3, -0.25) is 9.59 Å². The molecular formula is C23H21FN4O3. The van der Waals surface area contributed by atoms with E-state index in [0.29, 0.717) is 16.7 Å². The molecule has 5 rings (SSSR count). The number of aryl methyl sites for hydroxylation is 2. The molecule has 0 saturated carbocycles. The molecule has 1 aliphatic rings. The molecule has 1 saturated heterocycles. The SMILES string of the molecule is Cc1noc(C)c1-c1cc(C(N)=O)c2c(c1)[nH]c1ccc(CC(=O)N3CC(F)C3)cc12. The van der Waals surface area contributed by atoms with Crippen LogP contribution < -0.4 is 5.73 Å². The summed E-state index contributed by atoms with van der Waals surface area (Å²) in [5.41, 5.74) is 10.8. The molecule has 8 heteroatoms. The van der Waals surface area contributed by atoms with Gasteiger partial charge in [0.05, 0.1) is 25.2 Å². The van der Waals surface area contributed by atoms with Crippen molar-refractivity contribution < 1.29 is 18.5 Å². The number of aromatic amines is 1. The van der Waals surface area contributed by atoms with Crippen LogP contribution in [0.5, 0.6) is 0 Å². The molecule has 3 N–H and O–H groups in total. The van der Waals surface area contributed by atoms with Crippen LogP contribution in [0.1, 0.15) is 27.4 Å². The maximum Gasteiger partial charge on any atom is 0.249 e. The predicted octanol–water partition coefficient (Wildman–Crippen LogP) is 3.41. The van der Waals surface area contributed by atoms with Crippen molar-refractivity contribution >= 4 is 33.6 Å². The van der Waals surface area contributed by atoms with Crippen molar-refractivity contribution in [3.05, 3.63) is 52.9 Å². The first-order chi connectivity index (χ1) is 14.8. The molecule has 7 nitrogen and oxygen atoms in total. The predicted molar refractivity (Wildman–Crippen MR) is 114 cm³/mol. The minimum Gasteiger partial charge on any atom is -0.366 e. The van der Waals surface area contributed by atoms with Crippen LogP contribution in [-0.2, 0) is 11.2 Å². The van der Waals surface area contributed by atoms with Crippen molar-refractivity contribution in [3.8, 4) is 11.1 Å². The summed E-state index contributed by atoms with van der Waals surface area (Å²) >= 11 is 0. The first-order valence-corrected chi connectivity index (χ1v) is 10.0. The fourth-order valence-electron chi connectivity index (χ4n) is 4.34. The molecule has 2 aromatic heterocycles. The average Bonchev–Trinajstić information content (AvgIpc) is 3.23. The van der Waals surface area contributed by atoms with Gasteiger partial charge in [0, 0.05) is 32.9 Å². The molecule has 0 bridgehead atoms. The highest BCUT2D eigenvalue weighted by Crippen LogP contribution is 2.35. The fraction of sp³-hybridized carbons (Fsp3) is 0.261. The zero-order chi connectivity index (χ0) is 21.9. The molecule has 2 amide bonds. The molecule has 0 atom stereocenters. The largest absolute Gasteiger partial charge is 0.366 e. The molecule has 158 valence electrons. The summed E-state index contributed by atoms with van der Waals surface area (Å²) in [6, 6.07) is 9.33. The van der Waals surface area contributed by atoms with Gasteiger partial charge in [-0.05, 0) is 49.2 Å². The summed E-state index contributed by atoms with van der Waals surface area (Å²) in [7, 11) is 0. The lowest BCUT2D eigenvalue weighted by Gasteiger charge is -2.34. The van der Waals surface area contributed by atoms with E-state index < -0.39 is 12.1 Å². The molecule has 2 aromatic carbocycles. The number of benzene rings is 2. The van der Waals surface area contributed by atoms with Crippen molar-refractivity contribution in [2.45, 2.75) is 26.4 Å². The molecule has 3 heterocycles. The number of nitrogens with zero attached hydrogens (tertiary/aromatic N) is 2. The van der Waals surface area contributed by atoms with E-state index in [-0.39, 0.29) is 25.4 Å². The Bertz CT molecular complexity index is 1340. The van der Waals surface area contributed by atoms with Gasteiger partial charge in [-0.25, -0.2) is 4.39 Å². The number of halogens is 1. The van der Waals surface area contributed by atoms with Gasteiger partial charge in [-0.2, -0.15) is 0 Å². The van der Waals surface area contributed by atoms with Gasteiger partial charge in [0.15, 0.2) is 0 Å². The summed E-state index contributed by atoms with van der Waals surface area (Å²) < 4.78 is 18.3. The second kappa shape index (κ2) is 6.94. The Balaban J connectivity index is 1.63. The van der Waals surface area contributed by atoms with E-state index in [1.54, 1.807) is 6.07 Å². The third kappa shape index (κ3) is 3.15. The zero-order valence-corrected chi connectivity index (χ0v) is 17.2. The number of amides is 2. The number of nitrogens with one attached hydrogen (secondary N) is 1. The van der Waals surface area contributed by atoms with Crippen LogP contribution in [0.2, 0.25) is 0 Å². The van der Waals surface area contributed by atoms with E-state index in [9.17, 15) is 14.0 Å². The van der Waals surface area contributed by atoms with E-state index in [2.05, 4.69) is 10.1 Å². The van der Waals surface area contributed by atoms with Crippen molar-refractivity contribution in [2.75, 3.05) is 13.1 Å². The Morgan fingerprint density at radius 2 is 2.00 bits per heavy atom. The van der Waals surface area contributed by atoms with Crippen LogP contribution in [0.15, 0.2) is 34.9 Å². The summed E-state index contributed by atoms with van der Waals surface area (Å²) in [5.74, 6) is 0.00478. The molecule has 0 aliphatic carbocycles. The maximum atomic E-state index is 13.1. The van der Waals surface area contributed by atoms with Crippen molar-refractivity contribution in [1.82, 2.24) is 15.0 Å². The number of fused-ring (bicyclic) bond motifs is 3. The second-order valence-electron chi connectivity index (χ2n) is 8.09. The highest BCUT2D eigenvalue weighted by atomic mass is 19.1. The average molecular weight is 420 g/mol. The third-order valence-electron chi connectivity index (χ3n) is 5.89. The van der Waals surface area contributed by atoms with E-state index in [4.69, 9.17) is 10.3 Å². The second-order valence-corrected chi connectivity index (χ2v) is 8.09. The number of hydrogen-bond acceptors (Lipinski definition) is 4. The monoisotopic (exact) mass is 420 g/mol. The summed E-state index contributed by atoms with van der Waals surface area (Å²) in [4.78, 5) is 29.6. The highest BCUT2D eigenvalue weighted by molar-refractivity contribution is 6.18. The summed E-state index contributed by atoms with van der Waals surface area (Å²) in [6.07, 6.45) is -0.747. The number of carbonyl (C=O) groups is 2. The number of carbonyl (C=O) groups excluding carboxylic acids is 2. The van der Waals surface area contributed by atoms with E-state index >= 15 is 0 Å². The Hall–Kier alpha value is -3.68. The Morgan fingerprint density at radius 1 is 1.23 bits per heavy atom. The Labute approximate surface area is 177 Å². The molecule has 31 heavy (non-hydrogen) atoms. The Morgan fingerprint density at radius 3 is 2.65 bits per heavy atom. The van der Waals surface area contributed by atoms with Crippen LogP contribution in [0.4, 0.5) is 4.39 Å². The van der Waals surface area contributed by atoms with Crippen molar-refractivity contribution in [1.29, 1.82) is 0 Å². The van der Waals surface area contributed by atoms with Gasteiger partial charge in [-0.15, -0.1) is 0 Å². The van der Waals surface area contributed by atoms with Crippen molar-refractivity contribution in [2.24, 2.45) is 5.73 Å². The fourth-order valence-corrected chi connectivity index (χ4v) is 4.34. The number of rotatable bonds is 4. The van der Waals surface area contributed by atoms with Crippen LogP contribution in [0.3, 0.4) is 0 Å². The first-order valence-electron chi connectivity index (χ1n) is 10.0. The lowest BCUT2D eigenvalue weighted by Crippen LogP contribution is -2.51. The van der Waals surface area contributed by atoms with Gasteiger partial charge in [0.1, 0.15) is 11.9 Å². The zero-order valence-electron chi connectivity index (χ0n) is 17.2. The Kier molecular flexibility index (Phi) is 4.32. The molecule has 0 radical (unpaired) electrons.